The number of hydrogen-bond donors (Lipinski definition) is 0. The van der Waals surface area contributed by atoms with Gasteiger partial charge in [0, 0.05) is 5.56 Å². The van der Waals surface area contributed by atoms with Crippen molar-refractivity contribution in [3.05, 3.63) is 59.7 Å². The predicted molar refractivity (Wildman–Crippen MR) is 101 cm³/mol. The largest absolute Gasteiger partial charge is 0.497 e. The minimum atomic E-state index is 0.0161. The Kier molecular flexibility index (Phi) is 5.68. The fourth-order valence-electron chi connectivity index (χ4n) is 2.42. The van der Waals surface area contributed by atoms with Gasteiger partial charge in [0.25, 0.3) is 0 Å². The molecule has 6 nitrogen and oxygen atoms in total. The number of ether oxygens (including phenoxy) is 1. The van der Waals surface area contributed by atoms with Crippen molar-refractivity contribution in [1.82, 2.24) is 20.2 Å². The number of tetrazole rings is 1. The molecule has 0 spiro atoms. The molecule has 0 fully saturated rings. The number of carbonyl (C=O) groups is 1. The summed E-state index contributed by atoms with van der Waals surface area (Å²) in [4.78, 5) is 12.4. The Morgan fingerprint density at radius 3 is 2.42 bits per heavy atom. The molecule has 26 heavy (non-hydrogen) atoms. The second-order valence-corrected chi connectivity index (χ2v) is 7.00. The summed E-state index contributed by atoms with van der Waals surface area (Å²) in [6.45, 7) is 4.30. The van der Waals surface area contributed by atoms with Crippen LogP contribution >= 0.6 is 11.8 Å². The first-order valence-corrected chi connectivity index (χ1v) is 9.26. The number of Topliss-reactive ketones (excluding diaryl/α,β-unsaturated/α-hetero) is 1. The second-order valence-electron chi connectivity index (χ2n) is 6.06. The van der Waals surface area contributed by atoms with Gasteiger partial charge in [-0.15, -0.1) is 5.10 Å². The fourth-order valence-corrected chi connectivity index (χ4v) is 3.21. The summed E-state index contributed by atoms with van der Waals surface area (Å²) in [6.07, 6.45) is 0. The number of nitrogens with zero attached hydrogens (tertiary/aromatic N) is 4. The smallest absolute Gasteiger partial charge is 0.214 e. The van der Waals surface area contributed by atoms with Crippen LogP contribution in [0.25, 0.3) is 5.69 Å². The van der Waals surface area contributed by atoms with E-state index in [2.05, 4.69) is 41.5 Å². The Hall–Kier alpha value is -2.67. The summed E-state index contributed by atoms with van der Waals surface area (Å²) < 4.78 is 6.76. The average molecular weight is 368 g/mol. The van der Waals surface area contributed by atoms with Crippen LogP contribution in [-0.2, 0) is 0 Å². The molecule has 2 aromatic carbocycles. The van der Waals surface area contributed by atoms with Gasteiger partial charge in [0.1, 0.15) is 5.75 Å². The van der Waals surface area contributed by atoms with Crippen LogP contribution in [0.2, 0.25) is 0 Å². The molecule has 0 aliphatic rings. The highest BCUT2D eigenvalue weighted by molar-refractivity contribution is 7.99. The minimum absolute atomic E-state index is 0.0161. The minimum Gasteiger partial charge on any atom is -0.497 e. The number of rotatable bonds is 7. The molecule has 7 heteroatoms. The summed E-state index contributed by atoms with van der Waals surface area (Å²) in [5.74, 6) is 1.47. The molecule has 1 heterocycles. The monoisotopic (exact) mass is 368 g/mol. The third-order valence-corrected chi connectivity index (χ3v) is 4.91. The standard InChI is InChI=1S/C19H20N4O2S/c1-13(2)14-4-8-16(9-5-14)23-19(20-21-22-23)26-12-18(24)15-6-10-17(25-3)11-7-15/h4-11,13H,12H2,1-3H3. The van der Waals surface area contributed by atoms with Crippen LogP contribution in [-0.4, -0.2) is 38.9 Å². The second kappa shape index (κ2) is 8.14. The maximum Gasteiger partial charge on any atom is 0.214 e. The number of carbonyl (C=O) groups excluding carboxylic acids is 1. The summed E-state index contributed by atoms with van der Waals surface area (Å²) >= 11 is 1.32. The molecule has 0 atom stereocenters. The lowest BCUT2D eigenvalue weighted by atomic mass is 10.0. The van der Waals surface area contributed by atoms with Crippen LogP contribution in [0.4, 0.5) is 0 Å². The third-order valence-electron chi connectivity index (χ3n) is 3.99. The summed E-state index contributed by atoms with van der Waals surface area (Å²) in [5, 5.41) is 12.4. The molecule has 0 saturated carbocycles. The molecule has 0 amide bonds. The normalized spacial score (nSPS) is 10.9. The molecule has 0 aliphatic heterocycles. The fraction of sp³-hybridized carbons (Fsp3) is 0.263. The summed E-state index contributed by atoms with van der Waals surface area (Å²) in [5.41, 5.74) is 2.77. The zero-order valence-electron chi connectivity index (χ0n) is 14.9. The van der Waals surface area contributed by atoms with Crippen LogP contribution in [0, 0.1) is 0 Å². The van der Waals surface area contributed by atoms with Crippen LogP contribution in [0.15, 0.2) is 53.7 Å². The lowest BCUT2D eigenvalue weighted by Gasteiger charge is -2.08. The molecule has 0 saturated heterocycles. The maximum absolute atomic E-state index is 12.4. The maximum atomic E-state index is 12.4. The van der Waals surface area contributed by atoms with Crippen LogP contribution < -0.4 is 4.74 Å². The van der Waals surface area contributed by atoms with Crippen molar-refractivity contribution in [2.75, 3.05) is 12.9 Å². The number of methoxy groups -OCH3 is 1. The molecule has 0 bridgehead atoms. The molecule has 0 aliphatic carbocycles. The lowest BCUT2D eigenvalue weighted by molar-refractivity contribution is 0.102. The molecular formula is C19H20N4O2S. The van der Waals surface area contributed by atoms with Crippen LogP contribution in [0.1, 0.15) is 35.7 Å². The number of benzene rings is 2. The first-order chi connectivity index (χ1) is 12.6. The highest BCUT2D eigenvalue weighted by Gasteiger charge is 2.13. The van der Waals surface area contributed by atoms with Gasteiger partial charge in [-0.05, 0) is 58.3 Å². The molecular weight excluding hydrogens is 348 g/mol. The predicted octanol–water partition coefficient (Wildman–Crippen LogP) is 3.77. The van der Waals surface area contributed by atoms with Gasteiger partial charge in [-0.3, -0.25) is 4.79 Å². The Bertz CT molecular complexity index is 873. The van der Waals surface area contributed by atoms with E-state index >= 15 is 0 Å². The van der Waals surface area contributed by atoms with Gasteiger partial charge in [-0.2, -0.15) is 4.68 Å². The molecule has 0 N–H and O–H groups in total. The number of ketones is 1. The third kappa shape index (κ3) is 4.11. The van der Waals surface area contributed by atoms with Crippen molar-refractivity contribution in [3.63, 3.8) is 0 Å². The van der Waals surface area contributed by atoms with E-state index in [1.165, 1.54) is 17.3 Å². The van der Waals surface area contributed by atoms with E-state index < -0.39 is 0 Å². The van der Waals surface area contributed by atoms with E-state index in [0.717, 1.165) is 11.4 Å². The zero-order valence-corrected chi connectivity index (χ0v) is 15.7. The van der Waals surface area contributed by atoms with E-state index in [0.29, 0.717) is 16.6 Å². The van der Waals surface area contributed by atoms with E-state index in [1.54, 1.807) is 36.1 Å². The van der Waals surface area contributed by atoms with Gasteiger partial charge in [0.05, 0.1) is 18.6 Å². The van der Waals surface area contributed by atoms with Gasteiger partial charge < -0.3 is 4.74 Å². The van der Waals surface area contributed by atoms with E-state index in [-0.39, 0.29) is 11.5 Å². The van der Waals surface area contributed by atoms with Gasteiger partial charge >= 0.3 is 0 Å². The van der Waals surface area contributed by atoms with Crippen molar-refractivity contribution < 1.29 is 9.53 Å². The van der Waals surface area contributed by atoms with Crippen molar-refractivity contribution >= 4 is 17.5 Å². The summed E-state index contributed by atoms with van der Waals surface area (Å²) in [6, 6.07) is 15.2. The lowest BCUT2D eigenvalue weighted by Crippen LogP contribution is -2.05. The highest BCUT2D eigenvalue weighted by Crippen LogP contribution is 2.22. The van der Waals surface area contributed by atoms with Crippen molar-refractivity contribution in [2.24, 2.45) is 0 Å². The number of thioether (sulfide) groups is 1. The Morgan fingerprint density at radius 1 is 1.12 bits per heavy atom. The molecule has 134 valence electrons. The zero-order chi connectivity index (χ0) is 18.5. The Morgan fingerprint density at radius 2 is 1.81 bits per heavy atom. The van der Waals surface area contributed by atoms with Gasteiger partial charge in [0.15, 0.2) is 5.78 Å². The van der Waals surface area contributed by atoms with Crippen molar-refractivity contribution in [3.8, 4) is 11.4 Å². The molecule has 0 unspecified atom stereocenters. The first-order valence-electron chi connectivity index (χ1n) is 8.27. The molecule has 0 radical (unpaired) electrons. The number of aromatic nitrogens is 4. The Balaban J connectivity index is 1.69. The van der Waals surface area contributed by atoms with E-state index in [1.807, 2.05) is 12.1 Å². The quantitative estimate of drug-likeness (QED) is 0.467. The highest BCUT2D eigenvalue weighted by atomic mass is 32.2. The van der Waals surface area contributed by atoms with Gasteiger partial charge in [-0.25, -0.2) is 0 Å². The number of hydrogen-bond acceptors (Lipinski definition) is 6. The van der Waals surface area contributed by atoms with Gasteiger partial charge in [0.2, 0.25) is 5.16 Å². The topological polar surface area (TPSA) is 69.9 Å². The Labute approximate surface area is 156 Å². The van der Waals surface area contributed by atoms with E-state index in [9.17, 15) is 4.79 Å². The van der Waals surface area contributed by atoms with Crippen LogP contribution in [0.5, 0.6) is 5.75 Å². The van der Waals surface area contributed by atoms with Crippen molar-refractivity contribution in [1.29, 1.82) is 0 Å². The first kappa shape index (κ1) is 18.1. The molecule has 3 aromatic rings. The average Bonchev–Trinajstić information content (AvgIpc) is 3.15. The van der Waals surface area contributed by atoms with Crippen molar-refractivity contribution in [2.45, 2.75) is 24.9 Å². The van der Waals surface area contributed by atoms with E-state index in [4.69, 9.17) is 4.74 Å². The summed E-state index contributed by atoms with van der Waals surface area (Å²) in [7, 11) is 1.60. The van der Waals surface area contributed by atoms with Gasteiger partial charge in [-0.1, -0.05) is 37.7 Å². The molecule has 1 aromatic heterocycles. The SMILES string of the molecule is COc1ccc(C(=O)CSc2nnnn2-c2ccc(C(C)C)cc2)cc1. The van der Waals surface area contributed by atoms with Crippen LogP contribution in [0.3, 0.4) is 0 Å². The molecule has 3 rings (SSSR count).